The number of amides is 1. The third kappa shape index (κ3) is 5.66. The van der Waals surface area contributed by atoms with Crippen molar-refractivity contribution in [2.24, 2.45) is 0 Å². The van der Waals surface area contributed by atoms with Gasteiger partial charge in [0.15, 0.2) is 5.01 Å². The van der Waals surface area contributed by atoms with Crippen molar-refractivity contribution in [3.8, 4) is 11.3 Å². The summed E-state index contributed by atoms with van der Waals surface area (Å²) in [5.74, 6) is -0.327. The summed E-state index contributed by atoms with van der Waals surface area (Å²) in [6.45, 7) is 2.36. The van der Waals surface area contributed by atoms with E-state index in [1.807, 2.05) is 6.07 Å². The first kappa shape index (κ1) is 20.1. The summed E-state index contributed by atoms with van der Waals surface area (Å²) in [4.78, 5) is 17.8. The Morgan fingerprint density at radius 3 is 2.80 bits per heavy atom. The Balaban J connectivity index is 2.30. The predicted octanol–water partition coefficient (Wildman–Crippen LogP) is 4.08. The number of carbonyl (C=O) groups excluding carboxylic acids is 1. The van der Waals surface area contributed by atoms with E-state index in [1.165, 1.54) is 11.3 Å². The molecule has 0 aliphatic heterocycles. The van der Waals surface area contributed by atoms with Crippen LogP contribution in [0.3, 0.4) is 0 Å². The van der Waals surface area contributed by atoms with Crippen LogP contribution in [0, 0.1) is 0 Å². The van der Waals surface area contributed by atoms with Gasteiger partial charge < -0.3 is 5.11 Å². The maximum Gasteiger partial charge on any atom is 0.294 e. The average Bonchev–Trinajstić information content (AvgIpc) is 2.99. The third-order valence-electron chi connectivity index (χ3n) is 3.52. The molecule has 2 rings (SSSR count). The molecule has 2 aromatic rings. The highest BCUT2D eigenvalue weighted by atomic mass is 35.5. The van der Waals surface area contributed by atoms with Crippen molar-refractivity contribution in [3.05, 3.63) is 38.1 Å². The number of rotatable bonds is 9. The van der Waals surface area contributed by atoms with Crippen LogP contribution in [-0.4, -0.2) is 29.1 Å². The van der Waals surface area contributed by atoms with Gasteiger partial charge in [-0.25, -0.2) is 10.4 Å². The Labute approximate surface area is 161 Å². The minimum Gasteiger partial charge on any atom is -0.395 e. The highest BCUT2D eigenvalue weighted by Gasteiger charge is 2.19. The number of aromatic nitrogens is 1. The van der Waals surface area contributed by atoms with E-state index in [2.05, 4.69) is 22.8 Å². The zero-order valence-corrected chi connectivity index (χ0v) is 16.3. The molecule has 0 unspecified atom stereocenters. The van der Waals surface area contributed by atoms with Crippen molar-refractivity contribution in [1.29, 1.82) is 0 Å². The minimum atomic E-state index is -0.327. The molecule has 0 aliphatic carbocycles. The molecular formula is C17H21Cl2N3O2S. The molecular weight excluding hydrogens is 381 g/mol. The lowest BCUT2D eigenvalue weighted by Crippen LogP contribution is -2.38. The van der Waals surface area contributed by atoms with Gasteiger partial charge in [-0.05, 0) is 31.0 Å². The summed E-state index contributed by atoms with van der Waals surface area (Å²) in [5, 5.41) is 10.2. The summed E-state index contributed by atoms with van der Waals surface area (Å²) < 4.78 is 0. The Bertz CT molecular complexity index is 722. The van der Waals surface area contributed by atoms with Crippen LogP contribution in [0.5, 0.6) is 0 Å². The lowest BCUT2D eigenvalue weighted by molar-refractivity contribution is 0.0929. The molecule has 0 spiro atoms. The number of aryl methyl sites for hydroxylation is 1. The van der Waals surface area contributed by atoms with Gasteiger partial charge >= 0.3 is 0 Å². The summed E-state index contributed by atoms with van der Waals surface area (Å²) >= 11 is 13.7. The van der Waals surface area contributed by atoms with E-state index >= 15 is 0 Å². The van der Waals surface area contributed by atoms with Gasteiger partial charge in [0.25, 0.3) is 5.91 Å². The van der Waals surface area contributed by atoms with Crippen LogP contribution < -0.4 is 10.9 Å². The van der Waals surface area contributed by atoms with Crippen molar-refractivity contribution >= 4 is 40.4 Å². The lowest BCUT2D eigenvalue weighted by atomic mass is 10.1. The minimum absolute atomic E-state index is 0.0634. The molecule has 0 saturated carbocycles. The zero-order valence-electron chi connectivity index (χ0n) is 13.9. The maximum absolute atomic E-state index is 12.2. The molecule has 3 N–H and O–H groups in total. The van der Waals surface area contributed by atoms with E-state index in [-0.39, 0.29) is 19.1 Å². The number of unbranched alkanes of at least 4 members (excludes halogenated alkanes) is 2. The lowest BCUT2D eigenvalue weighted by Gasteiger charge is -2.05. The fourth-order valence-corrected chi connectivity index (χ4v) is 3.81. The van der Waals surface area contributed by atoms with Crippen LogP contribution >= 0.6 is 34.5 Å². The van der Waals surface area contributed by atoms with Crippen LogP contribution in [-0.2, 0) is 6.42 Å². The van der Waals surface area contributed by atoms with Crippen molar-refractivity contribution in [2.75, 3.05) is 13.2 Å². The first-order chi connectivity index (χ1) is 12.1. The highest BCUT2D eigenvalue weighted by molar-refractivity contribution is 7.14. The van der Waals surface area contributed by atoms with Crippen LogP contribution in [0.2, 0.25) is 10.0 Å². The van der Waals surface area contributed by atoms with Gasteiger partial charge in [-0.3, -0.25) is 10.2 Å². The van der Waals surface area contributed by atoms with Gasteiger partial charge in [-0.2, -0.15) is 0 Å². The molecule has 1 aromatic heterocycles. The molecule has 0 radical (unpaired) electrons. The van der Waals surface area contributed by atoms with Crippen LogP contribution in [0.15, 0.2) is 18.2 Å². The monoisotopic (exact) mass is 401 g/mol. The topological polar surface area (TPSA) is 74.2 Å². The Morgan fingerprint density at radius 2 is 2.12 bits per heavy atom. The molecule has 25 heavy (non-hydrogen) atoms. The third-order valence-corrected chi connectivity index (χ3v) is 5.19. The van der Waals surface area contributed by atoms with Gasteiger partial charge in [-0.1, -0.05) is 43.0 Å². The van der Waals surface area contributed by atoms with E-state index in [1.54, 1.807) is 12.1 Å². The first-order valence-electron chi connectivity index (χ1n) is 8.16. The van der Waals surface area contributed by atoms with Crippen molar-refractivity contribution in [2.45, 2.75) is 32.6 Å². The highest BCUT2D eigenvalue weighted by Crippen LogP contribution is 2.35. The van der Waals surface area contributed by atoms with Gasteiger partial charge in [0.05, 0.1) is 17.3 Å². The van der Waals surface area contributed by atoms with Crippen LogP contribution in [0.25, 0.3) is 11.3 Å². The SMILES string of the molecule is CCCCCc1sc(C(=O)NNCCO)nc1-c1ccc(Cl)cc1Cl. The molecule has 1 aromatic carbocycles. The molecule has 0 aliphatic rings. The Kier molecular flexibility index (Phi) is 8.12. The van der Waals surface area contributed by atoms with Gasteiger partial charge in [0.1, 0.15) is 0 Å². The number of nitrogens with one attached hydrogen (secondary N) is 2. The van der Waals surface area contributed by atoms with Crippen molar-refractivity contribution in [3.63, 3.8) is 0 Å². The van der Waals surface area contributed by atoms with Gasteiger partial charge in [0, 0.05) is 22.0 Å². The molecule has 136 valence electrons. The molecule has 0 saturated heterocycles. The number of hydrogen-bond donors (Lipinski definition) is 3. The number of hydrogen-bond acceptors (Lipinski definition) is 5. The van der Waals surface area contributed by atoms with Crippen LogP contribution in [0.4, 0.5) is 0 Å². The predicted molar refractivity (Wildman–Crippen MR) is 103 cm³/mol. The standard InChI is InChI=1S/C17H21Cl2N3O2S/c1-2-3-4-5-14-15(12-7-6-11(18)10-13(12)19)21-17(25-14)16(24)22-20-8-9-23/h6-7,10,20,23H,2-5,8-9H2,1H3,(H,22,24). The second kappa shape index (κ2) is 10.1. The van der Waals surface area contributed by atoms with Gasteiger partial charge in [0.2, 0.25) is 0 Å². The summed E-state index contributed by atoms with van der Waals surface area (Å²) in [5.41, 5.74) is 6.68. The maximum atomic E-state index is 12.2. The zero-order chi connectivity index (χ0) is 18.2. The Hall–Kier alpha value is -1.18. The van der Waals surface area contributed by atoms with E-state index in [9.17, 15) is 4.79 Å². The summed E-state index contributed by atoms with van der Waals surface area (Å²) in [6, 6.07) is 5.27. The molecule has 0 fully saturated rings. The first-order valence-corrected chi connectivity index (χ1v) is 9.73. The number of benzene rings is 1. The second-order valence-corrected chi connectivity index (χ2v) is 7.40. The average molecular weight is 402 g/mol. The fourth-order valence-electron chi connectivity index (χ4n) is 2.30. The number of hydrazine groups is 1. The smallest absolute Gasteiger partial charge is 0.294 e. The number of nitrogens with zero attached hydrogens (tertiary/aromatic N) is 1. The van der Waals surface area contributed by atoms with Crippen molar-refractivity contribution in [1.82, 2.24) is 15.8 Å². The second-order valence-electron chi connectivity index (χ2n) is 5.48. The molecule has 1 heterocycles. The van der Waals surface area contributed by atoms with Gasteiger partial charge in [-0.15, -0.1) is 11.3 Å². The van der Waals surface area contributed by atoms with E-state index in [0.29, 0.717) is 15.1 Å². The molecule has 5 nitrogen and oxygen atoms in total. The molecule has 0 atom stereocenters. The number of thiazole rings is 1. The number of carbonyl (C=O) groups is 1. The molecule has 8 heteroatoms. The van der Waals surface area contributed by atoms with Crippen molar-refractivity contribution < 1.29 is 9.90 Å². The molecule has 1 amide bonds. The summed E-state index contributed by atoms with van der Waals surface area (Å²) in [6.07, 6.45) is 4.11. The van der Waals surface area contributed by atoms with E-state index in [4.69, 9.17) is 28.3 Å². The van der Waals surface area contributed by atoms with Crippen LogP contribution in [0.1, 0.15) is 40.9 Å². The quantitative estimate of drug-likeness (QED) is 0.437. The normalized spacial score (nSPS) is 10.9. The number of halogens is 2. The fraction of sp³-hybridized carbons (Fsp3) is 0.412. The van der Waals surface area contributed by atoms with E-state index < -0.39 is 0 Å². The number of aliphatic hydroxyl groups excluding tert-OH is 1. The number of aliphatic hydroxyl groups is 1. The van der Waals surface area contributed by atoms with E-state index in [0.717, 1.165) is 41.8 Å². The largest absolute Gasteiger partial charge is 0.395 e. The summed E-state index contributed by atoms with van der Waals surface area (Å²) in [7, 11) is 0. The molecule has 0 bridgehead atoms. The Morgan fingerprint density at radius 1 is 1.32 bits per heavy atom.